The molecule has 1 unspecified atom stereocenters. The van der Waals surface area contributed by atoms with Crippen LogP contribution in [0.15, 0.2) is 35.9 Å². The molecule has 10 nitrogen and oxygen atoms in total. The summed E-state index contributed by atoms with van der Waals surface area (Å²) in [5, 5.41) is 26.7. The van der Waals surface area contributed by atoms with Crippen molar-refractivity contribution in [1.29, 1.82) is 0 Å². The number of aliphatic carboxylic acids is 1. The van der Waals surface area contributed by atoms with Crippen LogP contribution in [-0.4, -0.2) is 74.8 Å². The van der Waals surface area contributed by atoms with E-state index in [9.17, 15) is 19.7 Å². The van der Waals surface area contributed by atoms with Crippen molar-refractivity contribution in [2.45, 2.75) is 32.3 Å². The number of nitrogens with zero attached hydrogens (tertiary/aromatic N) is 4. The van der Waals surface area contributed by atoms with E-state index < -0.39 is 13.1 Å². The Balaban J connectivity index is 1.63. The van der Waals surface area contributed by atoms with Gasteiger partial charge in [-0.15, -0.1) is 5.10 Å². The first-order chi connectivity index (χ1) is 13.4. The van der Waals surface area contributed by atoms with Crippen LogP contribution in [0.5, 0.6) is 0 Å². The second kappa shape index (κ2) is 9.02. The lowest BCUT2D eigenvalue weighted by atomic mass is 9.80. The average molecular weight is 390 g/mol. The monoisotopic (exact) mass is 390 g/mol. The number of likely N-dealkylation sites (tertiary alicyclic amines) is 1. The Labute approximate surface area is 162 Å². The molecule has 1 aromatic rings. The van der Waals surface area contributed by atoms with Gasteiger partial charge in [0.05, 0.1) is 25.9 Å². The summed E-state index contributed by atoms with van der Waals surface area (Å²) in [6.45, 7) is 2.52. The fourth-order valence-corrected chi connectivity index (χ4v) is 2.92. The summed E-state index contributed by atoms with van der Waals surface area (Å²) in [7, 11) is -1.02. The first-order valence-corrected chi connectivity index (χ1v) is 9.15. The molecule has 1 amide bonds. The molecule has 3 heterocycles. The van der Waals surface area contributed by atoms with Gasteiger partial charge in [-0.3, -0.25) is 4.79 Å². The van der Waals surface area contributed by atoms with E-state index in [0.29, 0.717) is 25.8 Å². The summed E-state index contributed by atoms with van der Waals surface area (Å²) >= 11 is 0. The molecule has 150 valence electrons. The zero-order valence-electron chi connectivity index (χ0n) is 15.6. The number of rotatable bonds is 5. The van der Waals surface area contributed by atoms with Crippen LogP contribution in [0, 0.1) is 5.92 Å². The molecule has 0 aromatic carbocycles. The number of carboxylic acid groups (broad SMARTS) is 1. The van der Waals surface area contributed by atoms with Gasteiger partial charge >= 0.3 is 13.1 Å². The number of ether oxygens (including phenoxy) is 1. The van der Waals surface area contributed by atoms with Crippen LogP contribution < -0.4 is 0 Å². The maximum absolute atomic E-state index is 12.2. The molecule has 1 aromatic heterocycles. The SMILES string of the molecule is CC1/C=C\C(OC2CN(C(=O)Cn3ccnn3)C2)=C(\C(=O)O)COB(O)CC1. The third kappa shape index (κ3) is 5.20. The van der Waals surface area contributed by atoms with Crippen LogP contribution in [0.4, 0.5) is 0 Å². The van der Waals surface area contributed by atoms with Crippen molar-refractivity contribution in [3.8, 4) is 0 Å². The van der Waals surface area contributed by atoms with Gasteiger partial charge in [0.1, 0.15) is 24.0 Å². The lowest BCUT2D eigenvalue weighted by Gasteiger charge is -2.39. The van der Waals surface area contributed by atoms with Gasteiger partial charge in [0.2, 0.25) is 5.91 Å². The van der Waals surface area contributed by atoms with E-state index >= 15 is 0 Å². The first-order valence-electron chi connectivity index (χ1n) is 9.15. The number of allylic oxidation sites excluding steroid dienone is 2. The highest BCUT2D eigenvalue weighted by atomic mass is 16.5. The number of hydrogen-bond acceptors (Lipinski definition) is 7. The van der Waals surface area contributed by atoms with Crippen LogP contribution in [0.1, 0.15) is 13.3 Å². The lowest BCUT2D eigenvalue weighted by molar-refractivity contribution is -0.143. The molecule has 2 aliphatic rings. The zero-order valence-corrected chi connectivity index (χ0v) is 15.6. The van der Waals surface area contributed by atoms with Gasteiger partial charge in [0.25, 0.3) is 0 Å². The minimum Gasteiger partial charge on any atom is -0.486 e. The van der Waals surface area contributed by atoms with Crippen molar-refractivity contribution in [1.82, 2.24) is 19.9 Å². The highest BCUT2D eigenvalue weighted by molar-refractivity contribution is 6.42. The van der Waals surface area contributed by atoms with Crippen molar-refractivity contribution in [3.05, 3.63) is 35.9 Å². The molecule has 0 bridgehead atoms. The van der Waals surface area contributed by atoms with Crippen LogP contribution in [0.25, 0.3) is 0 Å². The Morgan fingerprint density at radius 2 is 2.21 bits per heavy atom. The lowest BCUT2D eigenvalue weighted by Crippen LogP contribution is -2.55. The van der Waals surface area contributed by atoms with Gasteiger partial charge in [-0.1, -0.05) is 18.2 Å². The summed E-state index contributed by atoms with van der Waals surface area (Å²) in [6.07, 6.45) is 7.45. The van der Waals surface area contributed by atoms with Crippen LogP contribution in [0.3, 0.4) is 0 Å². The van der Waals surface area contributed by atoms with Crippen molar-refractivity contribution in [2.24, 2.45) is 5.92 Å². The molecule has 2 N–H and O–H groups in total. The molecule has 0 aliphatic carbocycles. The van der Waals surface area contributed by atoms with Gasteiger partial charge in [-0.25, -0.2) is 9.48 Å². The second-order valence-corrected chi connectivity index (χ2v) is 6.97. The predicted molar refractivity (Wildman–Crippen MR) is 97.8 cm³/mol. The van der Waals surface area contributed by atoms with Gasteiger partial charge in [-0.2, -0.15) is 0 Å². The van der Waals surface area contributed by atoms with Gasteiger partial charge in [-0.05, 0) is 24.7 Å². The van der Waals surface area contributed by atoms with E-state index in [-0.39, 0.29) is 42.4 Å². The Morgan fingerprint density at radius 1 is 1.43 bits per heavy atom. The van der Waals surface area contributed by atoms with Crippen molar-refractivity contribution >= 4 is 19.0 Å². The highest BCUT2D eigenvalue weighted by Crippen LogP contribution is 2.22. The summed E-state index contributed by atoms with van der Waals surface area (Å²) in [6, 6.07) is 0. The molecule has 0 saturated carbocycles. The maximum Gasteiger partial charge on any atom is 0.454 e. The Kier molecular flexibility index (Phi) is 6.47. The topological polar surface area (TPSA) is 127 Å². The Bertz CT molecular complexity index is 760. The highest BCUT2D eigenvalue weighted by Gasteiger charge is 2.33. The third-order valence-corrected chi connectivity index (χ3v) is 4.68. The van der Waals surface area contributed by atoms with Gasteiger partial charge in [0.15, 0.2) is 0 Å². The van der Waals surface area contributed by atoms with Crippen molar-refractivity contribution < 1.29 is 29.1 Å². The van der Waals surface area contributed by atoms with E-state index in [1.54, 1.807) is 17.2 Å². The van der Waals surface area contributed by atoms with E-state index in [2.05, 4.69) is 10.3 Å². The van der Waals surface area contributed by atoms with Crippen LogP contribution in [0.2, 0.25) is 6.32 Å². The maximum atomic E-state index is 12.2. The summed E-state index contributed by atoms with van der Waals surface area (Å²) in [5.41, 5.74) is -0.0585. The quantitative estimate of drug-likeness (QED) is 0.670. The molecular formula is C17H23BN4O6. The number of carbonyl (C=O) groups is 2. The van der Waals surface area contributed by atoms with E-state index in [1.807, 2.05) is 13.0 Å². The fourth-order valence-electron chi connectivity index (χ4n) is 2.92. The summed E-state index contributed by atoms with van der Waals surface area (Å²) < 4.78 is 12.5. The number of amides is 1. The van der Waals surface area contributed by atoms with E-state index in [4.69, 9.17) is 9.39 Å². The minimum atomic E-state index is -1.17. The molecule has 1 atom stereocenters. The third-order valence-electron chi connectivity index (χ3n) is 4.68. The molecule has 11 heteroatoms. The zero-order chi connectivity index (χ0) is 20.1. The average Bonchev–Trinajstić information content (AvgIpc) is 3.11. The molecule has 0 spiro atoms. The normalized spacial score (nSPS) is 25.1. The van der Waals surface area contributed by atoms with Gasteiger partial charge in [0, 0.05) is 6.20 Å². The molecule has 28 heavy (non-hydrogen) atoms. The van der Waals surface area contributed by atoms with E-state index in [0.717, 1.165) is 0 Å². The van der Waals surface area contributed by atoms with E-state index in [1.165, 1.54) is 10.9 Å². The fraction of sp³-hybridized carbons (Fsp3) is 0.529. The smallest absolute Gasteiger partial charge is 0.454 e. The molecule has 3 rings (SSSR count). The largest absolute Gasteiger partial charge is 0.486 e. The predicted octanol–water partition coefficient (Wildman–Crippen LogP) is -0.0627. The van der Waals surface area contributed by atoms with Crippen LogP contribution >= 0.6 is 0 Å². The number of hydrogen-bond donors (Lipinski definition) is 2. The molecular weight excluding hydrogens is 367 g/mol. The standard InChI is InChI=1S/C17H23BN4O6/c1-12-2-3-15(14(17(24)25)11-27-18(26)5-4-12)28-13-8-21(9-13)16(23)10-22-7-6-19-20-22/h2-3,6-7,12-13,26H,4-5,8-11H2,1H3,(H,24,25)/b3-2-,15-14-. The first kappa shape index (κ1) is 20.1. The second-order valence-electron chi connectivity index (χ2n) is 6.97. The summed E-state index contributed by atoms with van der Waals surface area (Å²) in [5.74, 6) is -0.952. The van der Waals surface area contributed by atoms with Crippen molar-refractivity contribution in [3.63, 3.8) is 0 Å². The molecule has 1 saturated heterocycles. The Morgan fingerprint density at radius 3 is 2.89 bits per heavy atom. The molecule has 0 radical (unpaired) electrons. The minimum absolute atomic E-state index is 0.0585. The number of carbonyl (C=O) groups excluding carboxylic acids is 1. The molecule has 2 aliphatic heterocycles. The number of aromatic nitrogens is 3. The summed E-state index contributed by atoms with van der Waals surface area (Å²) in [4.78, 5) is 25.4. The molecule has 1 fully saturated rings. The van der Waals surface area contributed by atoms with Crippen LogP contribution in [-0.2, 0) is 25.5 Å². The Hall–Kier alpha value is -2.66. The van der Waals surface area contributed by atoms with Gasteiger partial charge < -0.3 is 24.4 Å². The number of carboxylic acids is 1. The van der Waals surface area contributed by atoms with Crippen molar-refractivity contribution in [2.75, 3.05) is 19.7 Å².